The zero-order valence-electron chi connectivity index (χ0n) is 22.0. The third kappa shape index (κ3) is 6.86. The van der Waals surface area contributed by atoms with Crippen LogP contribution in [0.3, 0.4) is 0 Å². The number of nitrogens with one attached hydrogen (secondary N) is 4. The number of nitrogen functional groups attached to an aromatic ring is 1. The van der Waals surface area contributed by atoms with Gasteiger partial charge in [0, 0.05) is 17.6 Å². The molecule has 4 rings (SSSR count). The molecule has 2 aromatic carbocycles. The van der Waals surface area contributed by atoms with Crippen LogP contribution in [0.15, 0.2) is 60.9 Å². The lowest BCUT2D eigenvalue weighted by Gasteiger charge is -2.31. The van der Waals surface area contributed by atoms with Crippen LogP contribution in [0, 0.1) is 5.41 Å². The minimum atomic E-state index is -0.146. The predicted octanol–water partition coefficient (Wildman–Crippen LogP) is 4.49. The Labute approximate surface area is 224 Å². The number of carbonyl (C=O) groups is 1. The molecule has 0 aliphatic heterocycles. The Morgan fingerprint density at radius 1 is 1.03 bits per heavy atom. The molecule has 200 valence electrons. The fourth-order valence-electron chi connectivity index (χ4n) is 4.79. The number of hydrogen-bond donors (Lipinski definition) is 5. The molecule has 1 amide bonds. The van der Waals surface area contributed by atoms with Crippen molar-refractivity contribution >= 4 is 23.3 Å². The number of ether oxygens (including phenoxy) is 1. The number of likely N-dealkylation sites (N-methyl/N-ethyl adjacent to an activating group) is 1. The maximum absolute atomic E-state index is 12.6. The smallest absolute Gasteiger partial charge is 0.237 e. The first kappa shape index (κ1) is 27.1. The summed E-state index contributed by atoms with van der Waals surface area (Å²) in [7, 11) is 1.83. The Morgan fingerprint density at radius 3 is 2.34 bits per heavy atom. The lowest BCUT2D eigenvalue weighted by molar-refractivity contribution is -0.124. The average molecular weight is 516 g/mol. The summed E-state index contributed by atoms with van der Waals surface area (Å²) in [5.41, 5.74) is 7.64. The van der Waals surface area contributed by atoms with Gasteiger partial charge in [0.2, 0.25) is 5.91 Å². The Bertz CT molecular complexity index is 1210. The summed E-state index contributed by atoms with van der Waals surface area (Å²) in [6.45, 7) is 2.08. The molecule has 0 radical (unpaired) electrons. The minimum absolute atomic E-state index is 0.0743. The highest BCUT2D eigenvalue weighted by Crippen LogP contribution is 2.28. The van der Waals surface area contributed by atoms with Crippen LogP contribution in [0.4, 0.5) is 11.6 Å². The summed E-state index contributed by atoms with van der Waals surface area (Å²) < 4.78 is 5.87. The first-order valence-electron chi connectivity index (χ1n) is 13.2. The van der Waals surface area contributed by atoms with E-state index < -0.39 is 0 Å². The number of nitrogens with zero attached hydrogens (tertiary/aromatic N) is 2. The second-order valence-electron chi connectivity index (χ2n) is 9.63. The molecule has 9 heteroatoms. The fraction of sp³-hybridized carbons (Fsp3) is 0.379. The molecule has 1 atom stereocenters. The molecule has 1 saturated carbocycles. The van der Waals surface area contributed by atoms with Gasteiger partial charge in [0.15, 0.2) is 0 Å². The van der Waals surface area contributed by atoms with Crippen molar-refractivity contribution in [2.24, 2.45) is 0 Å². The zero-order valence-corrected chi connectivity index (χ0v) is 22.0. The van der Waals surface area contributed by atoms with Gasteiger partial charge in [-0.15, -0.1) is 0 Å². The lowest BCUT2D eigenvalue weighted by Crippen LogP contribution is -2.48. The molecule has 0 unspecified atom stereocenters. The van der Waals surface area contributed by atoms with Crippen molar-refractivity contribution < 1.29 is 9.53 Å². The largest absolute Gasteiger partial charge is 0.457 e. The number of aromatic nitrogens is 2. The van der Waals surface area contributed by atoms with E-state index in [2.05, 4.69) is 32.8 Å². The summed E-state index contributed by atoms with van der Waals surface area (Å²) in [6, 6.07) is 17.1. The third-order valence-corrected chi connectivity index (χ3v) is 6.91. The number of benzene rings is 2. The molecule has 0 saturated heterocycles. The monoisotopic (exact) mass is 515 g/mol. The number of nitrogens with two attached hydrogens (primary N) is 1. The highest BCUT2D eigenvalue weighted by molar-refractivity contribution is 6.16. The quantitative estimate of drug-likeness (QED) is 0.237. The van der Waals surface area contributed by atoms with Crippen molar-refractivity contribution in [2.45, 2.75) is 63.6 Å². The normalized spacial score (nSPS) is 17.8. The Morgan fingerprint density at radius 2 is 1.68 bits per heavy atom. The van der Waals surface area contributed by atoms with E-state index in [0.29, 0.717) is 22.7 Å². The van der Waals surface area contributed by atoms with Crippen LogP contribution in [-0.2, 0) is 4.79 Å². The molecule has 1 aliphatic rings. The topological polar surface area (TPSA) is 138 Å². The van der Waals surface area contributed by atoms with Gasteiger partial charge in [-0.3, -0.25) is 10.2 Å². The van der Waals surface area contributed by atoms with Crippen LogP contribution in [-0.4, -0.2) is 46.8 Å². The maximum Gasteiger partial charge on any atom is 0.237 e. The second kappa shape index (κ2) is 13.0. The molecule has 6 N–H and O–H groups in total. The Balaban J connectivity index is 1.38. The maximum atomic E-state index is 12.6. The van der Waals surface area contributed by atoms with E-state index in [1.807, 2.05) is 61.6 Å². The molecule has 3 aromatic rings. The molecular weight excluding hydrogens is 478 g/mol. The molecule has 38 heavy (non-hydrogen) atoms. The number of anilines is 2. The van der Waals surface area contributed by atoms with Gasteiger partial charge < -0.3 is 26.4 Å². The van der Waals surface area contributed by atoms with Crippen LogP contribution < -0.4 is 26.4 Å². The second-order valence-corrected chi connectivity index (χ2v) is 9.63. The molecule has 1 aliphatic carbocycles. The van der Waals surface area contributed by atoms with Crippen LogP contribution >= 0.6 is 0 Å². The van der Waals surface area contributed by atoms with E-state index in [1.165, 1.54) is 6.33 Å². The van der Waals surface area contributed by atoms with Gasteiger partial charge in [-0.2, -0.15) is 0 Å². The average Bonchev–Trinajstić information content (AvgIpc) is 2.93. The van der Waals surface area contributed by atoms with E-state index in [9.17, 15) is 4.79 Å². The number of hydrogen-bond acceptors (Lipinski definition) is 8. The molecule has 1 aromatic heterocycles. The van der Waals surface area contributed by atoms with E-state index in [0.717, 1.165) is 44.3 Å². The Kier molecular flexibility index (Phi) is 9.26. The molecule has 0 bridgehead atoms. The van der Waals surface area contributed by atoms with Gasteiger partial charge in [-0.05, 0) is 75.5 Å². The van der Waals surface area contributed by atoms with Crippen molar-refractivity contribution in [1.29, 1.82) is 5.41 Å². The van der Waals surface area contributed by atoms with Gasteiger partial charge >= 0.3 is 0 Å². The number of rotatable bonds is 11. The number of amides is 1. The van der Waals surface area contributed by atoms with Crippen molar-refractivity contribution in [2.75, 3.05) is 18.1 Å². The molecule has 0 spiro atoms. The standard InChI is InChI=1S/C29H37N7O2/c1-3-7-24(32-2)29(37)36-21-14-12-20(13-15-21)35-28-25(27(31)33-18-34-28)26(30)19-10-16-23(17-11-19)38-22-8-5-4-6-9-22/h4-6,8-11,16-18,20-21,24,30,32H,3,7,12-15H2,1-2H3,(H,36,37)(H3,31,33,34,35)/t20?,21?,24-/m1/s1. The van der Waals surface area contributed by atoms with E-state index >= 15 is 0 Å². The van der Waals surface area contributed by atoms with Crippen LogP contribution in [0.5, 0.6) is 11.5 Å². The van der Waals surface area contributed by atoms with Crippen LogP contribution in [0.25, 0.3) is 0 Å². The number of para-hydroxylation sites is 1. The summed E-state index contributed by atoms with van der Waals surface area (Å²) in [5.74, 6) is 2.32. The summed E-state index contributed by atoms with van der Waals surface area (Å²) in [4.78, 5) is 21.1. The van der Waals surface area contributed by atoms with Gasteiger partial charge in [-0.1, -0.05) is 31.5 Å². The predicted molar refractivity (Wildman–Crippen MR) is 151 cm³/mol. The molecule has 1 heterocycles. The molecule has 1 fully saturated rings. The molecule has 9 nitrogen and oxygen atoms in total. The van der Waals surface area contributed by atoms with Crippen LogP contribution in [0.2, 0.25) is 0 Å². The first-order valence-corrected chi connectivity index (χ1v) is 13.2. The fourth-order valence-corrected chi connectivity index (χ4v) is 4.79. The lowest BCUT2D eigenvalue weighted by atomic mass is 9.90. The first-order chi connectivity index (χ1) is 18.5. The SMILES string of the molecule is CCC[C@@H](NC)C(=O)NC1CCC(Nc2ncnc(N)c2C(=N)c2ccc(Oc3ccccc3)cc2)CC1. The number of carbonyl (C=O) groups excluding carboxylic acids is 1. The Hall–Kier alpha value is -3.98. The van der Waals surface area contributed by atoms with E-state index in [4.69, 9.17) is 15.9 Å². The third-order valence-electron chi connectivity index (χ3n) is 6.91. The van der Waals surface area contributed by atoms with Gasteiger partial charge in [0.25, 0.3) is 0 Å². The van der Waals surface area contributed by atoms with E-state index in [-0.39, 0.29) is 35.6 Å². The van der Waals surface area contributed by atoms with Crippen molar-refractivity contribution in [3.05, 3.63) is 72.1 Å². The summed E-state index contributed by atoms with van der Waals surface area (Å²) in [5, 5.41) is 18.7. The highest BCUT2D eigenvalue weighted by Gasteiger charge is 2.26. The van der Waals surface area contributed by atoms with Gasteiger partial charge in [0.05, 0.1) is 17.3 Å². The van der Waals surface area contributed by atoms with Crippen molar-refractivity contribution in [1.82, 2.24) is 20.6 Å². The van der Waals surface area contributed by atoms with Crippen molar-refractivity contribution in [3.8, 4) is 11.5 Å². The molecular formula is C29H37N7O2. The van der Waals surface area contributed by atoms with E-state index in [1.54, 1.807) is 0 Å². The van der Waals surface area contributed by atoms with Crippen LogP contribution in [0.1, 0.15) is 56.6 Å². The summed E-state index contributed by atoms with van der Waals surface area (Å²) in [6.07, 6.45) is 6.72. The summed E-state index contributed by atoms with van der Waals surface area (Å²) >= 11 is 0. The zero-order chi connectivity index (χ0) is 26.9. The van der Waals surface area contributed by atoms with Crippen molar-refractivity contribution in [3.63, 3.8) is 0 Å². The highest BCUT2D eigenvalue weighted by atomic mass is 16.5. The van der Waals surface area contributed by atoms with Gasteiger partial charge in [0.1, 0.15) is 29.5 Å². The van der Waals surface area contributed by atoms with Gasteiger partial charge in [-0.25, -0.2) is 9.97 Å². The minimum Gasteiger partial charge on any atom is -0.457 e.